The van der Waals surface area contributed by atoms with Crippen LogP contribution in [-0.2, 0) is 4.79 Å². The van der Waals surface area contributed by atoms with Crippen LogP contribution >= 0.6 is 0 Å². The van der Waals surface area contributed by atoms with Crippen LogP contribution < -0.4 is 11.1 Å². The van der Waals surface area contributed by atoms with Crippen molar-refractivity contribution in [3.8, 4) is 0 Å². The van der Waals surface area contributed by atoms with Gasteiger partial charge in [0.25, 0.3) is 0 Å². The number of hydrogen-bond acceptors (Lipinski definition) is 5. The second-order valence-electron chi connectivity index (χ2n) is 5.65. The number of carboxylic acids is 1. The Balaban J connectivity index is 2.04. The molecular formula is C11H21BN2O4. The summed E-state index contributed by atoms with van der Waals surface area (Å²) in [6.07, 6.45) is 2.03. The molecule has 1 aliphatic carbocycles. The molecule has 0 bridgehead atoms. The number of rotatable bonds is 5. The Morgan fingerprint density at radius 2 is 2.17 bits per heavy atom. The Hall–Kier alpha value is -0.625. The first kappa shape index (κ1) is 13.8. The lowest BCUT2D eigenvalue weighted by atomic mass is 9.76. The van der Waals surface area contributed by atoms with E-state index in [-0.39, 0.29) is 12.2 Å². The van der Waals surface area contributed by atoms with E-state index in [9.17, 15) is 9.90 Å². The summed E-state index contributed by atoms with van der Waals surface area (Å²) in [5.74, 6) is -0.350. The lowest BCUT2D eigenvalue weighted by Gasteiger charge is -2.30. The quantitative estimate of drug-likeness (QED) is 0.398. The van der Waals surface area contributed by atoms with E-state index in [0.717, 1.165) is 13.1 Å². The molecule has 7 heteroatoms. The second kappa shape index (κ2) is 5.17. The molecule has 0 aromatic rings. The molecule has 4 atom stereocenters. The minimum Gasteiger partial charge on any atom is -0.480 e. The van der Waals surface area contributed by atoms with Crippen LogP contribution in [-0.4, -0.2) is 46.9 Å². The molecule has 2 rings (SSSR count). The summed E-state index contributed by atoms with van der Waals surface area (Å²) in [6, 6.07) is 0. The Kier molecular flexibility index (Phi) is 3.96. The van der Waals surface area contributed by atoms with Gasteiger partial charge in [-0.15, -0.1) is 0 Å². The van der Waals surface area contributed by atoms with Crippen molar-refractivity contribution >= 4 is 13.1 Å². The predicted octanol–water partition coefficient (Wildman–Crippen LogP) is -1.12. The minimum atomic E-state index is -1.32. The van der Waals surface area contributed by atoms with Crippen molar-refractivity contribution in [1.82, 2.24) is 5.32 Å². The summed E-state index contributed by atoms with van der Waals surface area (Å²) in [5, 5.41) is 30.3. The molecule has 1 heterocycles. The molecule has 1 saturated heterocycles. The van der Waals surface area contributed by atoms with Crippen molar-refractivity contribution < 1.29 is 19.9 Å². The fraction of sp³-hybridized carbons (Fsp3) is 0.909. The predicted molar refractivity (Wildman–Crippen MR) is 66.7 cm³/mol. The van der Waals surface area contributed by atoms with Crippen molar-refractivity contribution in [2.75, 3.05) is 13.1 Å². The number of aliphatic carboxylic acids is 1. The van der Waals surface area contributed by atoms with E-state index < -0.39 is 18.6 Å². The van der Waals surface area contributed by atoms with Gasteiger partial charge in [-0.1, -0.05) is 6.42 Å². The number of nitrogens with two attached hydrogens (primary N) is 1. The molecule has 18 heavy (non-hydrogen) atoms. The highest BCUT2D eigenvalue weighted by atomic mass is 16.4. The van der Waals surface area contributed by atoms with E-state index in [0.29, 0.717) is 31.1 Å². The van der Waals surface area contributed by atoms with E-state index >= 15 is 0 Å². The van der Waals surface area contributed by atoms with Crippen LogP contribution in [0.4, 0.5) is 0 Å². The fourth-order valence-electron chi connectivity index (χ4n) is 3.65. The molecule has 0 radical (unpaired) electrons. The number of nitrogens with one attached hydrogen (secondary N) is 1. The third-order valence-electron chi connectivity index (χ3n) is 4.55. The van der Waals surface area contributed by atoms with Crippen molar-refractivity contribution in [3.63, 3.8) is 0 Å². The van der Waals surface area contributed by atoms with Gasteiger partial charge < -0.3 is 26.2 Å². The normalized spacial score (nSPS) is 38.7. The van der Waals surface area contributed by atoms with Gasteiger partial charge in [0.2, 0.25) is 0 Å². The fourth-order valence-corrected chi connectivity index (χ4v) is 3.65. The molecule has 0 amide bonds. The average molecular weight is 256 g/mol. The van der Waals surface area contributed by atoms with Gasteiger partial charge in [-0.25, -0.2) is 0 Å². The number of hydrogen-bond donors (Lipinski definition) is 5. The summed E-state index contributed by atoms with van der Waals surface area (Å²) >= 11 is 0. The maximum absolute atomic E-state index is 11.4. The Bertz CT molecular complexity index is 328. The topological polar surface area (TPSA) is 116 Å². The molecule has 1 aliphatic heterocycles. The van der Waals surface area contributed by atoms with Crippen molar-refractivity contribution in [1.29, 1.82) is 0 Å². The molecule has 2 aliphatic rings. The molecular weight excluding hydrogens is 235 g/mol. The molecule has 6 N–H and O–H groups in total. The molecule has 2 fully saturated rings. The molecule has 1 saturated carbocycles. The van der Waals surface area contributed by atoms with E-state index in [1.54, 1.807) is 0 Å². The van der Waals surface area contributed by atoms with Gasteiger partial charge >= 0.3 is 13.1 Å². The monoisotopic (exact) mass is 256 g/mol. The molecule has 102 valence electrons. The second-order valence-corrected chi connectivity index (χ2v) is 5.65. The zero-order chi connectivity index (χ0) is 13.3. The summed E-state index contributed by atoms with van der Waals surface area (Å²) in [7, 11) is -1.32. The van der Waals surface area contributed by atoms with Gasteiger partial charge in [0, 0.05) is 0 Å². The van der Waals surface area contributed by atoms with Gasteiger partial charge in [0.05, 0.1) is 0 Å². The third-order valence-corrected chi connectivity index (χ3v) is 4.55. The first-order valence-corrected chi connectivity index (χ1v) is 6.54. The van der Waals surface area contributed by atoms with E-state index in [1.807, 2.05) is 0 Å². The van der Waals surface area contributed by atoms with E-state index in [2.05, 4.69) is 5.32 Å². The van der Waals surface area contributed by atoms with Crippen LogP contribution in [0, 0.1) is 17.8 Å². The summed E-state index contributed by atoms with van der Waals surface area (Å²) < 4.78 is 0. The van der Waals surface area contributed by atoms with Crippen molar-refractivity contribution in [3.05, 3.63) is 0 Å². The largest absolute Gasteiger partial charge is 0.480 e. The highest BCUT2D eigenvalue weighted by molar-refractivity contribution is 6.40. The number of carboxylic acid groups (broad SMARTS) is 1. The van der Waals surface area contributed by atoms with E-state index in [1.165, 1.54) is 0 Å². The Morgan fingerprint density at radius 1 is 1.44 bits per heavy atom. The van der Waals surface area contributed by atoms with Crippen LogP contribution in [0.15, 0.2) is 0 Å². The van der Waals surface area contributed by atoms with Crippen molar-refractivity contribution in [2.45, 2.75) is 31.1 Å². The van der Waals surface area contributed by atoms with Gasteiger partial charge in [-0.2, -0.15) is 0 Å². The van der Waals surface area contributed by atoms with E-state index in [4.69, 9.17) is 15.8 Å². The van der Waals surface area contributed by atoms with Crippen LogP contribution in [0.1, 0.15) is 19.3 Å². The van der Waals surface area contributed by atoms with Gasteiger partial charge in [-0.3, -0.25) is 4.79 Å². The Morgan fingerprint density at radius 3 is 2.78 bits per heavy atom. The van der Waals surface area contributed by atoms with Crippen LogP contribution in [0.3, 0.4) is 0 Å². The maximum Gasteiger partial charge on any atom is 0.451 e. The minimum absolute atomic E-state index is 0.0752. The highest BCUT2D eigenvalue weighted by Crippen LogP contribution is 2.47. The average Bonchev–Trinajstić information content (AvgIpc) is 2.79. The lowest BCUT2D eigenvalue weighted by molar-refractivity contribution is -0.145. The van der Waals surface area contributed by atoms with Crippen LogP contribution in [0.25, 0.3) is 0 Å². The Labute approximate surface area is 107 Å². The molecule has 0 spiro atoms. The first-order valence-electron chi connectivity index (χ1n) is 6.54. The highest BCUT2D eigenvalue weighted by Gasteiger charge is 2.56. The zero-order valence-electron chi connectivity index (χ0n) is 10.4. The lowest BCUT2D eigenvalue weighted by Crippen LogP contribution is -2.53. The summed E-state index contributed by atoms with van der Waals surface area (Å²) in [4.78, 5) is 11.4. The van der Waals surface area contributed by atoms with Crippen LogP contribution in [0.2, 0.25) is 6.32 Å². The molecule has 0 aromatic heterocycles. The van der Waals surface area contributed by atoms with Gasteiger partial charge in [-0.05, 0) is 50.0 Å². The first-order chi connectivity index (χ1) is 8.45. The maximum atomic E-state index is 11.4. The molecule has 0 aromatic carbocycles. The SMILES string of the molecule is NC1(C(=O)O)C[C@H]2CNCC2C1CCCB(O)O. The van der Waals surface area contributed by atoms with Gasteiger partial charge in [0.15, 0.2) is 0 Å². The van der Waals surface area contributed by atoms with Crippen molar-refractivity contribution in [2.24, 2.45) is 23.5 Å². The standard InChI is InChI=1S/C11H21BN2O4/c13-11(10(15)16)4-7-5-14-6-8(7)9(11)2-1-3-12(17)18/h7-9,14,17-18H,1-6,13H2,(H,15,16)/t7-,8?,9?,11?/m0/s1. The summed E-state index contributed by atoms with van der Waals surface area (Å²) in [6.45, 7) is 1.67. The van der Waals surface area contributed by atoms with Crippen LogP contribution in [0.5, 0.6) is 0 Å². The number of fused-ring (bicyclic) bond motifs is 1. The third kappa shape index (κ3) is 2.40. The number of carbonyl (C=O) groups is 1. The smallest absolute Gasteiger partial charge is 0.451 e. The van der Waals surface area contributed by atoms with Gasteiger partial charge in [0.1, 0.15) is 5.54 Å². The summed E-state index contributed by atoms with van der Waals surface area (Å²) in [5.41, 5.74) is 4.96. The zero-order valence-corrected chi connectivity index (χ0v) is 10.4. The molecule has 3 unspecified atom stereocenters. The molecule has 6 nitrogen and oxygen atoms in total.